The molecule has 0 rings (SSSR count). The standard InChI is InChI=1S/C9H17NO3/c1-7(9(12)13)6-10(3)5-4-8(2)11/h8,11H,1,4-6H2,2-3H3,(H,12,13). The molecule has 1 atom stereocenters. The number of nitrogens with zero attached hydrogens (tertiary/aromatic N) is 1. The molecule has 0 aromatic heterocycles. The topological polar surface area (TPSA) is 60.8 Å². The van der Waals surface area contributed by atoms with Gasteiger partial charge in [-0.3, -0.25) is 0 Å². The van der Waals surface area contributed by atoms with Gasteiger partial charge in [0.05, 0.1) is 6.10 Å². The fourth-order valence-electron chi connectivity index (χ4n) is 0.880. The maximum Gasteiger partial charge on any atom is 0.332 e. The molecule has 13 heavy (non-hydrogen) atoms. The summed E-state index contributed by atoms with van der Waals surface area (Å²) in [5.41, 5.74) is 0.174. The Morgan fingerprint density at radius 1 is 1.62 bits per heavy atom. The van der Waals surface area contributed by atoms with Gasteiger partial charge in [0.25, 0.3) is 0 Å². The molecule has 0 aliphatic rings. The fraction of sp³-hybridized carbons (Fsp3) is 0.667. The molecule has 0 heterocycles. The lowest BCUT2D eigenvalue weighted by molar-refractivity contribution is -0.132. The molecule has 76 valence electrons. The first-order valence-electron chi connectivity index (χ1n) is 4.21. The minimum Gasteiger partial charge on any atom is -0.478 e. The molecule has 0 aliphatic heterocycles. The predicted molar refractivity (Wildman–Crippen MR) is 50.6 cm³/mol. The molecule has 0 fully saturated rings. The van der Waals surface area contributed by atoms with Crippen LogP contribution in [0, 0.1) is 0 Å². The van der Waals surface area contributed by atoms with E-state index in [9.17, 15) is 4.79 Å². The molecular weight excluding hydrogens is 170 g/mol. The quantitative estimate of drug-likeness (QED) is 0.588. The fourth-order valence-corrected chi connectivity index (χ4v) is 0.880. The van der Waals surface area contributed by atoms with Gasteiger partial charge in [-0.05, 0) is 20.4 Å². The molecule has 1 unspecified atom stereocenters. The minimum absolute atomic E-state index is 0.174. The summed E-state index contributed by atoms with van der Waals surface area (Å²) >= 11 is 0. The lowest BCUT2D eigenvalue weighted by Gasteiger charge is -2.16. The number of rotatable bonds is 6. The zero-order chi connectivity index (χ0) is 10.4. The van der Waals surface area contributed by atoms with Gasteiger partial charge in [0.1, 0.15) is 0 Å². The van der Waals surface area contributed by atoms with Crippen molar-refractivity contribution in [2.45, 2.75) is 19.4 Å². The van der Waals surface area contributed by atoms with E-state index < -0.39 is 5.97 Å². The summed E-state index contributed by atoms with van der Waals surface area (Å²) < 4.78 is 0. The number of hydrogen-bond acceptors (Lipinski definition) is 3. The van der Waals surface area contributed by atoms with Crippen LogP contribution in [-0.4, -0.2) is 47.3 Å². The van der Waals surface area contributed by atoms with Crippen LogP contribution >= 0.6 is 0 Å². The number of hydrogen-bond donors (Lipinski definition) is 2. The summed E-state index contributed by atoms with van der Waals surface area (Å²) in [6.45, 7) is 6.13. The summed E-state index contributed by atoms with van der Waals surface area (Å²) in [5, 5.41) is 17.5. The second-order valence-corrected chi connectivity index (χ2v) is 3.28. The second-order valence-electron chi connectivity index (χ2n) is 3.28. The number of aliphatic hydroxyl groups excluding tert-OH is 1. The van der Waals surface area contributed by atoms with E-state index in [1.54, 1.807) is 14.0 Å². The van der Waals surface area contributed by atoms with Crippen LogP contribution in [0.1, 0.15) is 13.3 Å². The van der Waals surface area contributed by atoms with E-state index >= 15 is 0 Å². The number of carbonyl (C=O) groups is 1. The number of likely N-dealkylation sites (N-methyl/N-ethyl adjacent to an activating group) is 1. The molecule has 2 N–H and O–H groups in total. The highest BCUT2D eigenvalue weighted by Gasteiger charge is 2.07. The van der Waals surface area contributed by atoms with E-state index in [1.807, 2.05) is 4.90 Å². The van der Waals surface area contributed by atoms with Gasteiger partial charge in [-0.2, -0.15) is 0 Å². The first-order chi connectivity index (χ1) is 5.93. The maximum atomic E-state index is 10.4. The summed E-state index contributed by atoms with van der Waals surface area (Å²) in [7, 11) is 1.80. The largest absolute Gasteiger partial charge is 0.478 e. The third-order valence-electron chi connectivity index (χ3n) is 1.69. The van der Waals surface area contributed by atoms with E-state index in [-0.39, 0.29) is 11.7 Å². The molecule has 0 aromatic carbocycles. The molecule has 0 radical (unpaired) electrons. The van der Waals surface area contributed by atoms with Crippen LogP contribution in [0.5, 0.6) is 0 Å². The third kappa shape index (κ3) is 6.31. The SMILES string of the molecule is C=C(CN(C)CCC(C)O)C(=O)O. The lowest BCUT2D eigenvalue weighted by Crippen LogP contribution is -2.26. The van der Waals surface area contributed by atoms with Gasteiger partial charge in [0.15, 0.2) is 0 Å². The van der Waals surface area contributed by atoms with Crippen molar-refractivity contribution in [2.24, 2.45) is 0 Å². The Bertz CT molecular complexity index is 189. The summed E-state index contributed by atoms with van der Waals surface area (Å²) in [5.74, 6) is -0.969. The van der Waals surface area contributed by atoms with Crippen LogP contribution in [0.25, 0.3) is 0 Å². The lowest BCUT2D eigenvalue weighted by atomic mass is 10.2. The molecule has 0 aromatic rings. The Kier molecular flexibility index (Phi) is 5.34. The van der Waals surface area contributed by atoms with Crippen LogP contribution < -0.4 is 0 Å². The molecular formula is C9H17NO3. The van der Waals surface area contributed by atoms with E-state index in [0.29, 0.717) is 19.5 Å². The predicted octanol–water partition coefficient (Wildman–Crippen LogP) is 0.330. The van der Waals surface area contributed by atoms with Gasteiger partial charge in [0.2, 0.25) is 0 Å². The Morgan fingerprint density at radius 2 is 2.15 bits per heavy atom. The van der Waals surface area contributed by atoms with Crippen molar-refractivity contribution < 1.29 is 15.0 Å². The minimum atomic E-state index is -0.969. The van der Waals surface area contributed by atoms with Gasteiger partial charge in [-0.1, -0.05) is 6.58 Å². The normalized spacial score (nSPS) is 12.9. The Hall–Kier alpha value is -0.870. The summed E-state index contributed by atoms with van der Waals surface area (Å²) in [6.07, 6.45) is 0.296. The van der Waals surface area contributed by atoms with Crippen molar-refractivity contribution in [1.82, 2.24) is 4.90 Å². The Balaban J connectivity index is 3.68. The van der Waals surface area contributed by atoms with Gasteiger partial charge in [0, 0.05) is 18.7 Å². The van der Waals surface area contributed by atoms with Gasteiger partial charge >= 0.3 is 5.97 Å². The molecule has 0 aliphatic carbocycles. The average Bonchev–Trinajstić information content (AvgIpc) is 2.00. The monoisotopic (exact) mass is 187 g/mol. The maximum absolute atomic E-state index is 10.4. The molecule has 4 heteroatoms. The first-order valence-corrected chi connectivity index (χ1v) is 4.21. The number of aliphatic carboxylic acids is 1. The van der Waals surface area contributed by atoms with Crippen LogP contribution in [0.15, 0.2) is 12.2 Å². The highest BCUT2D eigenvalue weighted by atomic mass is 16.4. The van der Waals surface area contributed by atoms with Gasteiger partial charge in [-0.25, -0.2) is 4.79 Å². The van der Waals surface area contributed by atoms with Crippen LogP contribution in [0.4, 0.5) is 0 Å². The van der Waals surface area contributed by atoms with Crippen molar-refractivity contribution in [1.29, 1.82) is 0 Å². The number of carboxylic acid groups (broad SMARTS) is 1. The summed E-state index contributed by atoms with van der Waals surface area (Å²) in [6, 6.07) is 0. The molecule has 0 amide bonds. The summed E-state index contributed by atoms with van der Waals surface area (Å²) in [4.78, 5) is 12.2. The Labute approximate surface area is 78.5 Å². The number of aliphatic hydroxyl groups is 1. The molecule has 0 bridgehead atoms. The van der Waals surface area contributed by atoms with Crippen LogP contribution in [-0.2, 0) is 4.79 Å². The van der Waals surface area contributed by atoms with Gasteiger partial charge < -0.3 is 15.1 Å². The first kappa shape index (κ1) is 12.1. The highest BCUT2D eigenvalue weighted by Crippen LogP contribution is 1.97. The molecule has 0 saturated heterocycles. The van der Waals surface area contributed by atoms with Gasteiger partial charge in [-0.15, -0.1) is 0 Å². The zero-order valence-electron chi connectivity index (χ0n) is 8.16. The van der Waals surface area contributed by atoms with Crippen molar-refractivity contribution in [3.63, 3.8) is 0 Å². The molecule has 4 nitrogen and oxygen atoms in total. The molecule has 0 saturated carbocycles. The average molecular weight is 187 g/mol. The van der Waals surface area contributed by atoms with E-state index in [2.05, 4.69) is 6.58 Å². The van der Waals surface area contributed by atoms with Crippen molar-refractivity contribution >= 4 is 5.97 Å². The highest BCUT2D eigenvalue weighted by molar-refractivity contribution is 5.86. The smallest absolute Gasteiger partial charge is 0.332 e. The van der Waals surface area contributed by atoms with Crippen molar-refractivity contribution in [2.75, 3.05) is 20.1 Å². The Morgan fingerprint density at radius 3 is 2.54 bits per heavy atom. The van der Waals surface area contributed by atoms with Crippen LogP contribution in [0.2, 0.25) is 0 Å². The van der Waals surface area contributed by atoms with Crippen LogP contribution in [0.3, 0.4) is 0 Å². The zero-order valence-corrected chi connectivity index (χ0v) is 8.16. The number of carboxylic acids is 1. The molecule has 0 spiro atoms. The van der Waals surface area contributed by atoms with Crippen molar-refractivity contribution in [3.8, 4) is 0 Å². The third-order valence-corrected chi connectivity index (χ3v) is 1.69. The van der Waals surface area contributed by atoms with Crippen molar-refractivity contribution in [3.05, 3.63) is 12.2 Å². The van der Waals surface area contributed by atoms with E-state index in [1.165, 1.54) is 0 Å². The van der Waals surface area contributed by atoms with E-state index in [0.717, 1.165) is 0 Å². The second kappa shape index (κ2) is 5.72. The van der Waals surface area contributed by atoms with E-state index in [4.69, 9.17) is 10.2 Å².